The summed E-state index contributed by atoms with van der Waals surface area (Å²) in [5.41, 5.74) is -1.16. The van der Waals surface area contributed by atoms with Crippen molar-refractivity contribution >= 4 is 0 Å². The van der Waals surface area contributed by atoms with E-state index in [2.05, 4.69) is 25.1 Å². The number of aromatic nitrogens is 4. The monoisotopic (exact) mass is 277 g/mol. The van der Waals surface area contributed by atoms with Gasteiger partial charge < -0.3 is 0 Å². The van der Waals surface area contributed by atoms with Crippen molar-refractivity contribution < 1.29 is 4.39 Å². The van der Waals surface area contributed by atoms with Crippen molar-refractivity contribution in [2.45, 2.75) is 25.1 Å². The minimum absolute atomic E-state index is 0.315. The van der Waals surface area contributed by atoms with Gasteiger partial charge in [-0.15, -0.1) is 0 Å². The molecule has 0 atom stereocenters. The fourth-order valence-corrected chi connectivity index (χ4v) is 2.54. The summed E-state index contributed by atoms with van der Waals surface area (Å²) < 4.78 is 14.9. The summed E-state index contributed by atoms with van der Waals surface area (Å²) in [5.74, 6) is 0.583. The van der Waals surface area contributed by atoms with Gasteiger partial charge in [0, 0.05) is 19.3 Å². The van der Waals surface area contributed by atoms with Gasteiger partial charge in [0.2, 0.25) is 0 Å². The van der Waals surface area contributed by atoms with E-state index in [1.165, 1.54) is 0 Å². The number of hydrogen-bond donors (Lipinski definition) is 2. The smallest absolute Gasteiger partial charge is 0.296 e. The fraction of sp³-hybridized carbons (Fsp3) is 0.462. The van der Waals surface area contributed by atoms with Crippen LogP contribution in [0.5, 0.6) is 0 Å². The third-order valence-corrected chi connectivity index (χ3v) is 3.70. The Bertz CT molecular complexity index is 615. The quantitative estimate of drug-likeness (QED) is 0.875. The van der Waals surface area contributed by atoms with Gasteiger partial charge in [-0.1, -0.05) is 6.07 Å². The first-order valence-corrected chi connectivity index (χ1v) is 6.62. The first kappa shape index (κ1) is 13.0. The summed E-state index contributed by atoms with van der Waals surface area (Å²) in [7, 11) is 0. The van der Waals surface area contributed by atoms with E-state index < -0.39 is 5.67 Å². The molecular formula is C13H16FN5O. The van der Waals surface area contributed by atoms with Crippen LogP contribution in [0.3, 0.4) is 0 Å². The van der Waals surface area contributed by atoms with E-state index in [-0.39, 0.29) is 5.69 Å². The molecule has 0 aliphatic carbocycles. The number of piperidine rings is 1. The molecule has 0 spiro atoms. The Morgan fingerprint density at radius 3 is 2.75 bits per heavy atom. The number of likely N-dealkylation sites (tertiary alicyclic amines) is 1. The second-order valence-electron chi connectivity index (χ2n) is 5.08. The summed E-state index contributed by atoms with van der Waals surface area (Å²) in [6.45, 7) is 1.75. The maximum atomic E-state index is 14.9. The Hall–Kier alpha value is -2.02. The number of alkyl halides is 1. The van der Waals surface area contributed by atoms with Crippen LogP contribution < -0.4 is 5.69 Å². The molecule has 1 fully saturated rings. The van der Waals surface area contributed by atoms with Crippen LogP contribution in [0, 0.1) is 0 Å². The predicted molar refractivity (Wildman–Crippen MR) is 70.7 cm³/mol. The third kappa shape index (κ3) is 2.62. The molecule has 0 bridgehead atoms. The summed E-state index contributed by atoms with van der Waals surface area (Å²) >= 11 is 0. The first-order chi connectivity index (χ1) is 9.66. The topological polar surface area (TPSA) is 77.7 Å². The molecular weight excluding hydrogens is 261 g/mol. The van der Waals surface area contributed by atoms with Crippen molar-refractivity contribution in [3.63, 3.8) is 0 Å². The molecule has 2 N–H and O–H groups in total. The minimum Gasteiger partial charge on any atom is -0.296 e. The average Bonchev–Trinajstić information content (AvgIpc) is 2.88. The van der Waals surface area contributed by atoms with E-state index >= 15 is 0 Å². The van der Waals surface area contributed by atoms with E-state index in [1.54, 1.807) is 18.3 Å². The number of H-pyrrole nitrogens is 2. The summed E-state index contributed by atoms with van der Waals surface area (Å²) in [6.07, 6.45) is 2.43. The molecule has 0 saturated carbocycles. The highest BCUT2D eigenvalue weighted by Gasteiger charge is 2.37. The van der Waals surface area contributed by atoms with E-state index in [0.29, 0.717) is 44.0 Å². The number of aromatic amines is 2. The number of nitrogens with zero attached hydrogens (tertiary/aromatic N) is 3. The maximum Gasteiger partial charge on any atom is 0.340 e. The van der Waals surface area contributed by atoms with Gasteiger partial charge in [0.1, 0.15) is 5.82 Å². The lowest BCUT2D eigenvalue weighted by Gasteiger charge is -2.35. The second-order valence-corrected chi connectivity index (χ2v) is 5.08. The van der Waals surface area contributed by atoms with E-state index in [1.807, 2.05) is 6.07 Å². The molecule has 20 heavy (non-hydrogen) atoms. The Balaban J connectivity index is 1.63. The maximum absolute atomic E-state index is 14.9. The summed E-state index contributed by atoms with van der Waals surface area (Å²) in [6, 6.07) is 5.33. The molecule has 1 aliphatic rings. The van der Waals surface area contributed by atoms with Crippen molar-refractivity contribution in [1.29, 1.82) is 0 Å². The summed E-state index contributed by atoms with van der Waals surface area (Å²) in [5, 5.41) is 6.19. The van der Waals surface area contributed by atoms with Crippen molar-refractivity contribution in [1.82, 2.24) is 25.1 Å². The zero-order valence-electron chi connectivity index (χ0n) is 11.0. The number of halogens is 1. The molecule has 2 aromatic heterocycles. The molecule has 7 heteroatoms. The number of hydrogen-bond acceptors (Lipinski definition) is 4. The van der Waals surface area contributed by atoms with Crippen molar-refractivity contribution in [3.05, 3.63) is 46.4 Å². The molecule has 1 aliphatic heterocycles. The standard InChI is InChI=1S/C13H16FN5O/c14-13(10-3-1-2-6-15-10)4-7-19(8-5-13)9-11-16-12(20)18-17-11/h1-3,6H,4-5,7-9H2,(H2,16,17,18,20). The molecule has 0 radical (unpaired) electrons. The zero-order valence-corrected chi connectivity index (χ0v) is 11.0. The molecule has 3 heterocycles. The molecule has 2 aromatic rings. The third-order valence-electron chi connectivity index (χ3n) is 3.70. The lowest BCUT2D eigenvalue weighted by atomic mass is 9.89. The van der Waals surface area contributed by atoms with Crippen molar-refractivity contribution in [3.8, 4) is 0 Å². The highest BCUT2D eigenvalue weighted by atomic mass is 19.1. The molecule has 0 amide bonds. The zero-order chi connectivity index (χ0) is 14.0. The molecule has 6 nitrogen and oxygen atoms in total. The highest BCUT2D eigenvalue weighted by Crippen LogP contribution is 2.35. The van der Waals surface area contributed by atoms with Gasteiger partial charge in [-0.25, -0.2) is 14.3 Å². The Morgan fingerprint density at radius 2 is 2.15 bits per heavy atom. The van der Waals surface area contributed by atoms with Gasteiger partial charge in [-0.05, 0) is 25.0 Å². The molecule has 1 saturated heterocycles. The molecule has 3 rings (SSSR count). The SMILES string of the molecule is O=c1[nH]nc(CN2CCC(F)(c3ccccn3)CC2)[nH]1. The van der Waals surface area contributed by atoms with Crippen molar-refractivity contribution in [2.24, 2.45) is 0 Å². The molecule has 0 unspecified atom stereocenters. The van der Waals surface area contributed by atoms with Crippen LogP contribution in [-0.2, 0) is 12.2 Å². The Kier molecular flexibility index (Phi) is 3.35. The van der Waals surface area contributed by atoms with E-state index in [0.717, 1.165) is 0 Å². The van der Waals surface area contributed by atoms with Crippen molar-refractivity contribution in [2.75, 3.05) is 13.1 Å². The fourth-order valence-electron chi connectivity index (χ4n) is 2.54. The van der Waals surface area contributed by atoms with Crippen LogP contribution in [-0.4, -0.2) is 38.2 Å². The lowest BCUT2D eigenvalue weighted by molar-refractivity contribution is 0.0480. The summed E-state index contributed by atoms with van der Waals surface area (Å²) in [4.78, 5) is 19.8. The van der Waals surface area contributed by atoms with Crippen LogP contribution in [0.4, 0.5) is 4.39 Å². The van der Waals surface area contributed by atoms with E-state index in [9.17, 15) is 9.18 Å². The largest absolute Gasteiger partial charge is 0.340 e. The first-order valence-electron chi connectivity index (χ1n) is 6.62. The number of pyridine rings is 1. The van der Waals surface area contributed by atoms with Gasteiger partial charge in [-0.3, -0.25) is 14.9 Å². The Morgan fingerprint density at radius 1 is 1.35 bits per heavy atom. The number of rotatable bonds is 3. The van der Waals surface area contributed by atoms with Gasteiger partial charge in [0.05, 0.1) is 12.2 Å². The Labute approximate surface area is 115 Å². The highest BCUT2D eigenvalue weighted by molar-refractivity contribution is 5.14. The average molecular weight is 277 g/mol. The molecule has 106 valence electrons. The van der Waals surface area contributed by atoms with Crippen LogP contribution in [0.1, 0.15) is 24.4 Å². The number of nitrogens with one attached hydrogen (secondary N) is 2. The second kappa shape index (κ2) is 5.16. The van der Waals surface area contributed by atoms with Gasteiger partial charge >= 0.3 is 5.69 Å². The van der Waals surface area contributed by atoms with Gasteiger partial charge in [-0.2, -0.15) is 5.10 Å². The van der Waals surface area contributed by atoms with Crippen LogP contribution >= 0.6 is 0 Å². The van der Waals surface area contributed by atoms with Gasteiger partial charge in [0.25, 0.3) is 0 Å². The minimum atomic E-state index is -1.35. The lowest BCUT2D eigenvalue weighted by Crippen LogP contribution is -2.40. The van der Waals surface area contributed by atoms with Crippen LogP contribution in [0.15, 0.2) is 29.2 Å². The van der Waals surface area contributed by atoms with E-state index in [4.69, 9.17) is 0 Å². The van der Waals surface area contributed by atoms with Gasteiger partial charge in [0.15, 0.2) is 5.67 Å². The van der Waals surface area contributed by atoms with Crippen LogP contribution in [0.2, 0.25) is 0 Å². The van der Waals surface area contributed by atoms with Crippen LogP contribution in [0.25, 0.3) is 0 Å². The normalized spacial score (nSPS) is 19.1. The predicted octanol–water partition coefficient (Wildman–Crippen LogP) is 0.954. The molecule has 0 aromatic carbocycles.